The van der Waals surface area contributed by atoms with Gasteiger partial charge in [0, 0.05) is 18.6 Å². The molecule has 0 amide bonds. The average Bonchev–Trinajstić information content (AvgIpc) is 2.68. The molecule has 1 saturated carbocycles. The summed E-state index contributed by atoms with van der Waals surface area (Å²) in [5.74, 6) is 0. The van der Waals surface area contributed by atoms with Gasteiger partial charge in [-0.05, 0) is 58.0 Å². The van der Waals surface area contributed by atoms with Gasteiger partial charge in [0.2, 0.25) is 0 Å². The molecule has 1 heterocycles. The van der Waals surface area contributed by atoms with Gasteiger partial charge in [-0.2, -0.15) is 0 Å². The Morgan fingerprint density at radius 2 is 1.89 bits per heavy atom. The van der Waals surface area contributed by atoms with Crippen LogP contribution >= 0.6 is 0 Å². The Morgan fingerprint density at radius 3 is 2.42 bits per heavy atom. The summed E-state index contributed by atoms with van der Waals surface area (Å²) in [7, 11) is 0. The van der Waals surface area contributed by atoms with Crippen molar-refractivity contribution in [2.24, 2.45) is 5.41 Å². The normalized spacial score (nSPS) is 28.5. The number of piperidine rings is 1. The van der Waals surface area contributed by atoms with Crippen molar-refractivity contribution in [3.05, 3.63) is 11.6 Å². The minimum atomic E-state index is 0.513. The van der Waals surface area contributed by atoms with Gasteiger partial charge < -0.3 is 5.32 Å². The minimum absolute atomic E-state index is 0.513. The first-order valence-electron chi connectivity index (χ1n) is 8.09. The molecule has 2 heteroatoms. The van der Waals surface area contributed by atoms with E-state index < -0.39 is 0 Å². The van der Waals surface area contributed by atoms with E-state index >= 15 is 0 Å². The van der Waals surface area contributed by atoms with Gasteiger partial charge in [-0.15, -0.1) is 0 Å². The van der Waals surface area contributed by atoms with Crippen molar-refractivity contribution in [1.29, 1.82) is 0 Å². The SMILES string of the molecule is CC(C)=CCN1CCC(NC2CCCC2(C)C)CC1. The Bertz CT molecular complexity index is 307. The maximum atomic E-state index is 3.95. The second-order valence-electron chi connectivity index (χ2n) is 7.46. The van der Waals surface area contributed by atoms with Gasteiger partial charge in [-0.25, -0.2) is 0 Å². The van der Waals surface area contributed by atoms with Crippen LogP contribution < -0.4 is 5.32 Å². The third-order valence-electron chi connectivity index (χ3n) is 5.04. The van der Waals surface area contributed by atoms with Crippen molar-refractivity contribution in [2.75, 3.05) is 19.6 Å². The molecule has 0 bridgehead atoms. The molecule has 2 aliphatic rings. The third kappa shape index (κ3) is 4.32. The number of nitrogens with zero attached hydrogens (tertiary/aromatic N) is 1. The number of likely N-dealkylation sites (tertiary alicyclic amines) is 1. The van der Waals surface area contributed by atoms with Crippen LogP contribution in [0.15, 0.2) is 11.6 Å². The van der Waals surface area contributed by atoms with E-state index in [1.54, 1.807) is 0 Å². The van der Waals surface area contributed by atoms with E-state index in [2.05, 4.69) is 44.0 Å². The fourth-order valence-corrected chi connectivity index (χ4v) is 3.51. The first kappa shape index (κ1) is 15.1. The lowest BCUT2D eigenvalue weighted by molar-refractivity contribution is 0.182. The zero-order valence-electron chi connectivity index (χ0n) is 13.3. The molecule has 0 aromatic carbocycles. The van der Waals surface area contributed by atoms with Crippen LogP contribution in [0.2, 0.25) is 0 Å². The molecular formula is C17H32N2. The van der Waals surface area contributed by atoms with Gasteiger partial charge in [-0.1, -0.05) is 31.9 Å². The Kier molecular flexibility index (Phi) is 5.08. The molecule has 110 valence electrons. The Labute approximate surface area is 119 Å². The van der Waals surface area contributed by atoms with Crippen molar-refractivity contribution in [3.63, 3.8) is 0 Å². The highest BCUT2D eigenvalue weighted by molar-refractivity contribution is 4.97. The van der Waals surface area contributed by atoms with Crippen LogP contribution in [0.3, 0.4) is 0 Å². The standard InChI is InChI=1S/C17H32N2/c1-14(2)7-11-19-12-8-15(9-13-19)18-16-6-5-10-17(16,3)4/h7,15-16,18H,5-6,8-13H2,1-4H3. The fraction of sp³-hybridized carbons (Fsp3) is 0.882. The van der Waals surface area contributed by atoms with E-state index in [1.165, 1.54) is 50.8 Å². The summed E-state index contributed by atoms with van der Waals surface area (Å²) in [6, 6.07) is 1.51. The number of allylic oxidation sites excluding steroid dienone is 1. The maximum Gasteiger partial charge on any atom is 0.0165 e. The first-order chi connectivity index (χ1) is 8.97. The quantitative estimate of drug-likeness (QED) is 0.781. The van der Waals surface area contributed by atoms with Crippen LogP contribution in [0.25, 0.3) is 0 Å². The molecule has 1 unspecified atom stereocenters. The summed E-state index contributed by atoms with van der Waals surface area (Å²) in [6.45, 7) is 12.9. The second-order valence-corrected chi connectivity index (χ2v) is 7.46. The molecule has 1 atom stereocenters. The van der Waals surface area contributed by atoms with Crippen LogP contribution in [0.1, 0.15) is 59.8 Å². The van der Waals surface area contributed by atoms with Crippen LogP contribution in [-0.2, 0) is 0 Å². The molecule has 1 aliphatic carbocycles. The molecule has 0 spiro atoms. The van der Waals surface area contributed by atoms with Crippen molar-refractivity contribution < 1.29 is 0 Å². The zero-order valence-corrected chi connectivity index (χ0v) is 13.3. The number of hydrogen-bond donors (Lipinski definition) is 1. The molecule has 2 fully saturated rings. The van der Waals surface area contributed by atoms with Gasteiger partial charge in [0.05, 0.1) is 0 Å². The van der Waals surface area contributed by atoms with Gasteiger partial charge in [0.25, 0.3) is 0 Å². The summed E-state index contributed by atoms with van der Waals surface area (Å²) in [4.78, 5) is 2.59. The summed E-state index contributed by atoms with van der Waals surface area (Å²) < 4.78 is 0. The molecule has 1 N–H and O–H groups in total. The summed E-state index contributed by atoms with van der Waals surface area (Å²) >= 11 is 0. The maximum absolute atomic E-state index is 3.95. The van der Waals surface area contributed by atoms with E-state index in [0.29, 0.717) is 5.41 Å². The number of hydrogen-bond acceptors (Lipinski definition) is 2. The Balaban J connectivity index is 1.73. The van der Waals surface area contributed by atoms with Gasteiger partial charge in [0.15, 0.2) is 0 Å². The molecule has 1 saturated heterocycles. The van der Waals surface area contributed by atoms with Crippen molar-refractivity contribution in [1.82, 2.24) is 10.2 Å². The molecule has 0 aromatic rings. The lowest BCUT2D eigenvalue weighted by atomic mass is 9.86. The molecule has 2 rings (SSSR count). The van der Waals surface area contributed by atoms with E-state index in [4.69, 9.17) is 0 Å². The van der Waals surface area contributed by atoms with Crippen molar-refractivity contribution >= 4 is 0 Å². The molecule has 19 heavy (non-hydrogen) atoms. The van der Waals surface area contributed by atoms with Crippen molar-refractivity contribution in [2.45, 2.75) is 71.9 Å². The van der Waals surface area contributed by atoms with Crippen LogP contribution in [0.4, 0.5) is 0 Å². The topological polar surface area (TPSA) is 15.3 Å². The van der Waals surface area contributed by atoms with E-state index in [0.717, 1.165) is 18.6 Å². The predicted molar refractivity (Wildman–Crippen MR) is 83.4 cm³/mol. The minimum Gasteiger partial charge on any atom is -0.311 e. The van der Waals surface area contributed by atoms with E-state index in [-0.39, 0.29) is 0 Å². The van der Waals surface area contributed by atoms with Gasteiger partial charge in [-0.3, -0.25) is 4.90 Å². The highest BCUT2D eigenvalue weighted by Crippen LogP contribution is 2.37. The lowest BCUT2D eigenvalue weighted by Crippen LogP contribution is -2.49. The van der Waals surface area contributed by atoms with Crippen molar-refractivity contribution in [3.8, 4) is 0 Å². The van der Waals surface area contributed by atoms with Crippen LogP contribution in [0.5, 0.6) is 0 Å². The highest BCUT2D eigenvalue weighted by atomic mass is 15.1. The van der Waals surface area contributed by atoms with Gasteiger partial charge >= 0.3 is 0 Å². The smallest absolute Gasteiger partial charge is 0.0165 e. The third-order valence-corrected chi connectivity index (χ3v) is 5.04. The first-order valence-corrected chi connectivity index (χ1v) is 8.09. The molecule has 1 aliphatic heterocycles. The second kappa shape index (κ2) is 6.41. The summed E-state index contributed by atoms with van der Waals surface area (Å²) in [5.41, 5.74) is 1.95. The Hall–Kier alpha value is -0.340. The molecular weight excluding hydrogens is 232 g/mol. The van der Waals surface area contributed by atoms with Gasteiger partial charge in [0.1, 0.15) is 0 Å². The summed E-state index contributed by atoms with van der Waals surface area (Å²) in [6.07, 6.45) is 9.18. The molecule has 0 radical (unpaired) electrons. The fourth-order valence-electron chi connectivity index (χ4n) is 3.51. The highest BCUT2D eigenvalue weighted by Gasteiger charge is 2.35. The molecule has 2 nitrogen and oxygen atoms in total. The largest absolute Gasteiger partial charge is 0.311 e. The molecule has 0 aromatic heterocycles. The average molecular weight is 264 g/mol. The van der Waals surface area contributed by atoms with Crippen LogP contribution in [-0.4, -0.2) is 36.6 Å². The number of rotatable bonds is 4. The lowest BCUT2D eigenvalue weighted by Gasteiger charge is -2.37. The zero-order chi connectivity index (χ0) is 13.9. The van der Waals surface area contributed by atoms with E-state index in [9.17, 15) is 0 Å². The van der Waals surface area contributed by atoms with Crippen LogP contribution in [0, 0.1) is 5.41 Å². The predicted octanol–water partition coefficient (Wildman–Crippen LogP) is 3.59. The Morgan fingerprint density at radius 1 is 1.21 bits per heavy atom. The summed E-state index contributed by atoms with van der Waals surface area (Å²) in [5, 5.41) is 3.95. The van der Waals surface area contributed by atoms with E-state index in [1.807, 2.05) is 0 Å². The number of nitrogens with one attached hydrogen (secondary N) is 1. The monoisotopic (exact) mass is 264 g/mol.